The average molecular weight is 167 g/mol. The topological polar surface area (TPSA) is 46.5 Å². The van der Waals surface area contributed by atoms with Gasteiger partial charge in [-0.3, -0.25) is 0 Å². The molecule has 0 saturated carbocycles. The van der Waals surface area contributed by atoms with E-state index in [2.05, 4.69) is 4.74 Å². The molecule has 10 heavy (non-hydrogen) atoms. The number of alkyl halides is 1. The summed E-state index contributed by atoms with van der Waals surface area (Å²) in [7, 11) is 0. The molecule has 1 atom stereocenters. The lowest BCUT2D eigenvalue weighted by Gasteiger charge is -2.10. The summed E-state index contributed by atoms with van der Waals surface area (Å²) in [6, 6.07) is 0. The second kappa shape index (κ2) is 5.50. The first-order chi connectivity index (χ1) is 4.74. The Balaban J connectivity index is 3.52. The predicted octanol–water partition coefficient (Wildman–Crippen LogP) is 0.539. The lowest BCUT2D eigenvalue weighted by molar-refractivity contribution is -0.151. The Morgan fingerprint density at radius 3 is 2.70 bits per heavy atom. The third-order valence-corrected chi connectivity index (χ3v) is 1.40. The van der Waals surface area contributed by atoms with Crippen molar-refractivity contribution in [1.29, 1.82) is 0 Å². The van der Waals surface area contributed by atoms with Gasteiger partial charge >= 0.3 is 5.97 Å². The third-order valence-electron chi connectivity index (χ3n) is 1.05. The molecule has 0 bridgehead atoms. The summed E-state index contributed by atoms with van der Waals surface area (Å²) in [5.74, 6) is -0.338. The summed E-state index contributed by atoms with van der Waals surface area (Å²) in [6.07, 6.45) is 0.413. The maximum atomic E-state index is 10.4. The van der Waals surface area contributed by atoms with E-state index >= 15 is 0 Å². The first-order valence-electron chi connectivity index (χ1n) is 3.10. The smallest absolute Gasteiger partial charge is 0.332 e. The summed E-state index contributed by atoms with van der Waals surface area (Å²) >= 11 is 5.41. The standard InChI is InChI=1S/C6H11ClO3/c1-2-5(3-7)10-6(9)4-8/h5,8H,2-4H2,1H3. The molecule has 0 radical (unpaired) electrons. The summed E-state index contributed by atoms with van der Waals surface area (Å²) in [4.78, 5) is 10.4. The van der Waals surface area contributed by atoms with Gasteiger partial charge < -0.3 is 9.84 Å². The van der Waals surface area contributed by atoms with Crippen LogP contribution < -0.4 is 0 Å². The van der Waals surface area contributed by atoms with Crippen LogP contribution in [0, 0.1) is 0 Å². The molecule has 0 aliphatic rings. The zero-order valence-corrected chi connectivity index (χ0v) is 6.60. The zero-order valence-electron chi connectivity index (χ0n) is 5.84. The quantitative estimate of drug-likeness (QED) is 0.490. The van der Waals surface area contributed by atoms with Gasteiger partial charge in [-0.2, -0.15) is 0 Å². The number of aliphatic hydroxyl groups is 1. The molecular formula is C6H11ClO3. The lowest BCUT2D eigenvalue weighted by atomic mass is 10.3. The van der Waals surface area contributed by atoms with Crippen LogP contribution in [0.5, 0.6) is 0 Å². The van der Waals surface area contributed by atoms with Crippen molar-refractivity contribution < 1.29 is 14.6 Å². The highest BCUT2D eigenvalue weighted by Gasteiger charge is 2.08. The lowest BCUT2D eigenvalue weighted by Crippen LogP contribution is -2.20. The van der Waals surface area contributed by atoms with Crippen LogP contribution in [-0.4, -0.2) is 29.7 Å². The van der Waals surface area contributed by atoms with E-state index in [-0.39, 0.29) is 12.0 Å². The van der Waals surface area contributed by atoms with Gasteiger partial charge in [-0.15, -0.1) is 11.6 Å². The van der Waals surface area contributed by atoms with Crippen LogP contribution >= 0.6 is 11.6 Å². The number of carbonyl (C=O) groups excluding carboxylic acids is 1. The van der Waals surface area contributed by atoms with E-state index in [1.807, 2.05) is 6.92 Å². The molecule has 0 amide bonds. The van der Waals surface area contributed by atoms with Crippen molar-refractivity contribution in [3.63, 3.8) is 0 Å². The molecule has 0 aromatic rings. The Labute approximate surface area is 64.9 Å². The SMILES string of the molecule is CCC(CCl)OC(=O)CO. The minimum absolute atomic E-state index is 0.263. The third kappa shape index (κ3) is 3.69. The van der Waals surface area contributed by atoms with E-state index in [0.29, 0.717) is 6.42 Å². The minimum Gasteiger partial charge on any atom is -0.459 e. The Hall–Kier alpha value is -0.280. The van der Waals surface area contributed by atoms with Gasteiger partial charge in [0.25, 0.3) is 0 Å². The molecule has 0 aromatic heterocycles. The van der Waals surface area contributed by atoms with Crippen LogP contribution in [0.25, 0.3) is 0 Å². The second-order valence-electron chi connectivity index (χ2n) is 1.83. The molecular weight excluding hydrogens is 156 g/mol. The molecule has 0 fully saturated rings. The van der Waals surface area contributed by atoms with Crippen LogP contribution in [-0.2, 0) is 9.53 Å². The maximum Gasteiger partial charge on any atom is 0.332 e. The number of hydrogen-bond acceptors (Lipinski definition) is 3. The number of carbonyl (C=O) groups is 1. The number of rotatable bonds is 4. The first-order valence-corrected chi connectivity index (χ1v) is 3.64. The molecule has 0 aromatic carbocycles. The molecule has 3 nitrogen and oxygen atoms in total. The molecule has 1 N–H and O–H groups in total. The van der Waals surface area contributed by atoms with E-state index < -0.39 is 12.6 Å². The fourth-order valence-electron chi connectivity index (χ4n) is 0.447. The summed E-state index contributed by atoms with van der Waals surface area (Å²) in [5, 5.41) is 8.26. The summed E-state index contributed by atoms with van der Waals surface area (Å²) < 4.78 is 4.68. The van der Waals surface area contributed by atoms with E-state index in [1.54, 1.807) is 0 Å². The Bertz CT molecular complexity index is 101. The van der Waals surface area contributed by atoms with Gasteiger partial charge in [-0.05, 0) is 6.42 Å². The Kier molecular flexibility index (Phi) is 5.35. The van der Waals surface area contributed by atoms with Gasteiger partial charge in [0.15, 0.2) is 0 Å². The van der Waals surface area contributed by atoms with E-state index in [0.717, 1.165) is 0 Å². The monoisotopic (exact) mass is 166 g/mol. The van der Waals surface area contributed by atoms with Crippen molar-refractivity contribution in [3.05, 3.63) is 0 Å². The highest BCUT2D eigenvalue weighted by molar-refractivity contribution is 6.18. The van der Waals surface area contributed by atoms with Crippen molar-refractivity contribution in [2.45, 2.75) is 19.4 Å². The highest BCUT2D eigenvalue weighted by Crippen LogP contribution is 2.00. The molecule has 1 unspecified atom stereocenters. The average Bonchev–Trinajstić information content (AvgIpc) is 1.99. The number of esters is 1. The maximum absolute atomic E-state index is 10.4. The van der Waals surface area contributed by atoms with Crippen LogP contribution in [0.4, 0.5) is 0 Å². The molecule has 0 aliphatic heterocycles. The molecule has 0 saturated heterocycles. The van der Waals surface area contributed by atoms with Gasteiger partial charge in [0.05, 0.1) is 5.88 Å². The second-order valence-corrected chi connectivity index (χ2v) is 2.14. The van der Waals surface area contributed by atoms with Crippen LogP contribution in [0.3, 0.4) is 0 Å². The number of aliphatic hydroxyl groups excluding tert-OH is 1. The number of hydrogen-bond donors (Lipinski definition) is 1. The molecule has 60 valence electrons. The van der Waals surface area contributed by atoms with Crippen molar-refractivity contribution in [2.75, 3.05) is 12.5 Å². The molecule has 0 rings (SSSR count). The number of halogens is 1. The normalized spacial score (nSPS) is 12.7. The van der Waals surface area contributed by atoms with Gasteiger partial charge in [0, 0.05) is 0 Å². The largest absolute Gasteiger partial charge is 0.459 e. The van der Waals surface area contributed by atoms with Crippen molar-refractivity contribution >= 4 is 17.6 Å². The van der Waals surface area contributed by atoms with Gasteiger partial charge in [-0.1, -0.05) is 6.92 Å². The van der Waals surface area contributed by atoms with Crippen molar-refractivity contribution in [3.8, 4) is 0 Å². The number of ether oxygens (including phenoxy) is 1. The van der Waals surface area contributed by atoms with Crippen molar-refractivity contribution in [1.82, 2.24) is 0 Å². The Morgan fingerprint density at radius 1 is 1.80 bits per heavy atom. The van der Waals surface area contributed by atoms with E-state index in [4.69, 9.17) is 16.7 Å². The van der Waals surface area contributed by atoms with Gasteiger partial charge in [0.2, 0.25) is 0 Å². The fourth-order valence-corrected chi connectivity index (χ4v) is 0.728. The van der Waals surface area contributed by atoms with Crippen LogP contribution in [0.2, 0.25) is 0 Å². The summed E-state index contributed by atoms with van der Waals surface area (Å²) in [5.41, 5.74) is 0. The zero-order chi connectivity index (χ0) is 7.98. The molecule has 0 heterocycles. The van der Waals surface area contributed by atoms with E-state index in [9.17, 15) is 4.79 Å². The Morgan fingerprint density at radius 2 is 2.40 bits per heavy atom. The van der Waals surface area contributed by atoms with E-state index in [1.165, 1.54) is 0 Å². The fraction of sp³-hybridized carbons (Fsp3) is 0.833. The molecule has 0 spiro atoms. The first kappa shape index (κ1) is 9.72. The highest BCUT2D eigenvalue weighted by atomic mass is 35.5. The predicted molar refractivity (Wildman–Crippen MR) is 38.0 cm³/mol. The van der Waals surface area contributed by atoms with Crippen LogP contribution in [0.1, 0.15) is 13.3 Å². The molecule has 4 heteroatoms. The summed E-state index contributed by atoms with van der Waals surface area (Å²) in [6.45, 7) is 1.28. The van der Waals surface area contributed by atoms with Crippen LogP contribution in [0.15, 0.2) is 0 Å². The molecule has 0 aliphatic carbocycles. The van der Waals surface area contributed by atoms with Gasteiger partial charge in [0.1, 0.15) is 12.7 Å². The van der Waals surface area contributed by atoms with Gasteiger partial charge in [-0.25, -0.2) is 4.79 Å². The minimum atomic E-state index is -0.618. The van der Waals surface area contributed by atoms with Crippen molar-refractivity contribution in [2.24, 2.45) is 0 Å².